The summed E-state index contributed by atoms with van der Waals surface area (Å²) in [5.74, 6) is 1.50. The molecule has 5 nitrogen and oxygen atoms in total. The summed E-state index contributed by atoms with van der Waals surface area (Å²) in [6.45, 7) is -0.0872. The van der Waals surface area contributed by atoms with Crippen molar-refractivity contribution in [1.82, 2.24) is 5.32 Å². The molecule has 0 saturated heterocycles. The first-order chi connectivity index (χ1) is 9.02. The monoisotopic (exact) mass is 265 g/mol. The Bertz CT molecular complexity index is 372. The molecule has 0 aliphatic heterocycles. The third kappa shape index (κ3) is 2.14. The second kappa shape index (κ2) is 4.47. The first kappa shape index (κ1) is 12.9. The lowest BCUT2D eigenvalue weighted by atomic mass is 9.47. The van der Waals surface area contributed by atoms with E-state index in [1.165, 1.54) is 19.3 Å². The largest absolute Gasteiger partial charge is 0.368 e. The molecule has 4 saturated carbocycles. The number of hydrogen-bond acceptors (Lipinski definition) is 3. The molecule has 0 aromatic rings. The van der Waals surface area contributed by atoms with E-state index < -0.39 is 11.9 Å². The molecule has 0 spiro atoms. The van der Waals surface area contributed by atoms with E-state index in [0.29, 0.717) is 0 Å². The van der Waals surface area contributed by atoms with Gasteiger partial charge >= 0.3 is 0 Å². The number of nitrogens with one attached hydrogen (secondary N) is 1. The number of amides is 2. The molecule has 4 bridgehead atoms. The number of rotatable bonds is 4. The van der Waals surface area contributed by atoms with Gasteiger partial charge in [-0.2, -0.15) is 0 Å². The average Bonchev–Trinajstić information content (AvgIpc) is 2.33. The van der Waals surface area contributed by atoms with E-state index in [2.05, 4.69) is 5.32 Å². The third-order valence-electron chi connectivity index (χ3n) is 5.47. The van der Waals surface area contributed by atoms with Gasteiger partial charge in [-0.3, -0.25) is 9.59 Å². The third-order valence-corrected chi connectivity index (χ3v) is 5.47. The van der Waals surface area contributed by atoms with E-state index >= 15 is 0 Å². The second-order valence-corrected chi connectivity index (χ2v) is 6.89. The van der Waals surface area contributed by atoms with Crippen LogP contribution in [0.25, 0.3) is 0 Å². The summed E-state index contributed by atoms with van der Waals surface area (Å²) < 4.78 is 0. The minimum Gasteiger partial charge on any atom is -0.368 e. The minimum atomic E-state index is -0.531. The van der Waals surface area contributed by atoms with Crippen LogP contribution in [0, 0.1) is 23.2 Å². The molecule has 0 aromatic heterocycles. The zero-order chi connectivity index (χ0) is 13.6. The van der Waals surface area contributed by atoms with E-state index in [1.807, 2.05) is 0 Å². The van der Waals surface area contributed by atoms with Crippen LogP contribution < -0.4 is 16.8 Å². The normalized spacial score (nSPS) is 41.0. The van der Waals surface area contributed by atoms with Gasteiger partial charge in [-0.1, -0.05) is 0 Å². The van der Waals surface area contributed by atoms with Crippen LogP contribution in [-0.2, 0) is 9.59 Å². The van der Waals surface area contributed by atoms with Crippen LogP contribution in [0.2, 0.25) is 0 Å². The highest BCUT2D eigenvalue weighted by Crippen LogP contribution is 2.61. The molecule has 0 radical (unpaired) electrons. The fourth-order valence-electron chi connectivity index (χ4n) is 5.28. The number of carbonyl (C=O) groups is 2. The van der Waals surface area contributed by atoms with Crippen LogP contribution in [0.15, 0.2) is 0 Å². The van der Waals surface area contributed by atoms with Crippen molar-refractivity contribution in [1.29, 1.82) is 0 Å². The average molecular weight is 265 g/mol. The number of primary amides is 1. The Morgan fingerprint density at radius 3 is 1.95 bits per heavy atom. The summed E-state index contributed by atoms with van der Waals surface area (Å²) in [4.78, 5) is 23.4. The van der Waals surface area contributed by atoms with Gasteiger partial charge in [-0.05, 0) is 56.3 Å². The molecule has 106 valence electrons. The molecule has 2 amide bonds. The van der Waals surface area contributed by atoms with Gasteiger partial charge in [0.2, 0.25) is 11.8 Å². The van der Waals surface area contributed by atoms with Gasteiger partial charge in [0, 0.05) is 5.41 Å². The number of carbonyl (C=O) groups excluding carboxylic acids is 2. The quantitative estimate of drug-likeness (QED) is 0.674. The molecule has 0 aromatic carbocycles. The summed E-state index contributed by atoms with van der Waals surface area (Å²) in [7, 11) is 0. The Kier molecular flexibility index (Phi) is 3.04. The maximum atomic E-state index is 11.8. The van der Waals surface area contributed by atoms with Gasteiger partial charge in [-0.15, -0.1) is 0 Å². The lowest BCUT2D eigenvalue weighted by molar-refractivity contribution is -0.138. The molecule has 0 heterocycles. The van der Waals surface area contributed by atoms with Gasteiger partial charge < -0.3 is 16.8 Å². The van der Waals surface area contributed by atoms with Crippen molar-refractivity contribution in [2.24, 2.45) is 34.6 Å². The highest BCUT2D eigenvalue weighted by molar-refractivity contribution is 5.88. The summed E-state index contributed by atoms with van der Waals surface area (Å²) >= 11 is 0. The Morgan fingerprint density at radius 2 is 1.58 bits per heavy atom. The van der Waals surface area contributed by atoms with Gasteiger partial charge in [0.1, 0.15) is 6.04 Å². The summed E-state index contributed by atoms with van der Waals surface area (Å²) in [5, 5.41) is 2.78. The number of hydrogen-bond donors (Lipinski definition) is 3. The van der Waals surface area contributed by atoms with Crippen LogP contribution in [0.3, 0.4) is 0 Å². The summed E-state index contributed by atoms with van der Waals surface area (Å²) in [6.07, 6.45) is 7.02. The molecule has 1 atom stereocenters. The molecular weight excluding hydrogens is 242 g/mol. The maximum absolute atomic E-state index is 11.8. The molecule has 5 heteroatoms. The van der Waals surface area contributed by atoms with Gasteiger partial charge in [0.15, 0.2) is 0 Å². The highest BCUT2D eigenvalue weighted by atomic mass is 16.2. The molecule has 4 aliphatic rings. The van der Waals surface area contributed by atoms with E-state index in [9.17, 15) is 9.59 Å². The zero-order valence-corrected chi connectivity index (χ0v) is 11.2. The van der Waals surface area contributed by atoms with Crippen molar-refractivity contribution in [2.45, 2.75) is 44.6 Å². The van der Waals surface area contributed by atoms with Crippen molar-refractivity contribution in [3.05, 3.63) is 0 Å². The highest BCUT2D eigenvalue weighted by Gasteiger charge is 2.55. The Hall–Kier alpha value is -1.10. The van der Waals surface area contributed by atoms with E-state index in [-0.39, 0.29) is 17.9 Å². The van der Waals surface area contributed by atoms with Crippen LogP contribution in [-0.4, -0.2) is 24.4 Å². The van der Waals surface area contributed by atoms with Gasteiger partial charge in [0.25, 0.3) is 0 Å². The molecule has 19 heavy (non-hydrogen) atoms. The lowest BCUT2D eigenvalue weighted by Gasteiger charge is -2.58. The first-order valence-electron chi connectivity index (χ1n) is 7.31. The fourth-order valence-corrected chi connectivity index (χ4v) is 5.28. The van der Waals surface area contributed by atoms with Crippen LogP contribution in [0.5, 0.6) is 0 Å². The van der Waals surface area contributed by atoms with Crippen molar-refractivity contribution in [3.63, 3.8) is 0 Å². The summed E-state index contributed by atoms with van der Waals surface area (Å²) in [5.41, 5.74) is 10.8. The van der Waals surface area contributed by atoms with Gasteiger partial charge in [-0.25, -0.2) is 0 Å². The first-order valence-corrected chi connectivity index (χ1v) is 7.31. The van der Waals surface area contributed by atoms with Crippen molar-refractivity contribution >= 4 is 11.8 Å². The standard InChI is InChI=1S/C14H23N3O2/c15-7-11(18)17-12(13(16)19)14-4-8-1-9(5-14)3-10(2-8)6-14/h8-10,12H,1-7,15H2,(H2,16,19)(H,17,18). The van der Waals surface area contributed by atoms with E-state index in [4.69, 9.17) is 11.5 Å². The fraction of sp³-hybridized carbons (Fsp3) is 0.857. The number of nitrogens with two attached hydrogens (primary N) is 2. The predicted molar refractivity (Wildman–Crippen MR) is 70.8 cm³/mol. The lowest BCUT2D eigenvalue weighted by Crippen LogP contribution is -2.61. The zero-order valence-electron chi connectivity index (χ0n) is 11.2. The van der Waals surface area contributed by atoms with Crippen molar-refractivity contribution in [3.8, 4) is 0 Å². The smallest absolute Gasteiger partial charge is 0.240 e. The second-order valence-electron chi connectivity index (χ2n) is 6.89. The SMILES string of the molecule is NCC(=O)NC(C(N)=O)C12CC3CC(CC(C3)C1)C2. The van der Waals surface area contributed by atoms with Crippen molar-refractivity contribution in [2.75, 3.05) is 6.54 Å². The Balaban J connectivity index is 1.85. The summed E-state index contributed by atoms with van der Waals surface area (Å²) in [6, 6.07) is -0.531. The minimum absolute atomic E-state index is 0.0872. The van der Waals surface area contributed by atoms with E-state index in [1.54, 1.807) is 0 Å². The molecule has 4 fully saturated rings. The van der Waals surface area contributed by atoms with Crippen LogP contribution in [0.1, 0.15) is 38.5 Å². The van der Waals surface area contributed by atoms with Gasteiger partial charge in [0.05, 0.1) is 6.54 Å². The topological polar surface area (TPSA) is 98.2 Å². The molecular formula is C14H23N3O2. The van der Waals surface area contributed by atoms with Crippen LogP contribution >= 0.6 is 0 Å². The molecule has 1 unspecified atom stereocenters. The van der Waals surface area contributed by atoms with Crippen molar-refractivity contribution < 1.29 is 9.59 Å². The van der Waals surface area contributed by atoms with Crippen LogP contribution in [0.4, 0.5) is 0 Å². The van der Waals surface area contributed by atoms with E-state index in [0.717, 1.165) is 37.0 Å². The molecule has 5 N–H and O–H groups in total. The maximum Gasteiger partial charge on any atom is 0.240 e. The molecule has 4 aliphatic carbocycles. The predicted octanol–water partition coefficient (Wildman–Crippen LogP) is 0.132. The Morgan fingerprint density at radius 1 is 1.11 bits per heavy atom. The Labute approximate surface area is 113 Å². The molecule has 4 rings (SSSR count).